The molecule has 0 radical (unpaired) electrons. The maximum Gasteiger partial charge on any atom is 0.158 e. The second-order valence-corrected chi connectivity index (χ2v) is 7.71. The fraction of sp³-hybridized carbons (Fsp3) is 1.00. The Morgan fingerprint density at radius 2 is 1.82 bits per heavy atom. The number of aliphatic hydroxyl groups is 1. The summed E-state index contributed by atoms with van der Waals surface area (Å²) in [4.78, 5) is 0. The molecular weight excluding hydrogens is 212 g/mol. The average molecular weight is 238 g/mol. The van der Waals surface area contributed by atoms with Crippen LogP contribution in [-0.2, 0) is 4.74 Å². The molecule has 98 valence electrons. The molecule has 17 heavy (non-hydrogen) atoms. The van der Waals surface area contributed by atoms with Crippen LogP contribution in [0.1, 0.15) is 53.4 Å². The molecule has 0 aromatic carbocycles. The molecule has 2 aliphatic carbocycles. The zero-order valence-corrected chi connectivity index (χ0v) is 11.6. The van der Waals surface area contributed by atoms with Crippen molar-refractivity contribution in [3.8, 4) is 0 Å². The van der Waals surface area contributed by atoms with Gasteiger partial charge in [-0.25, -0.2) is 0 Å². The maximum absolute atomic E-state index is 10.2. The van der Waals surface area contributed by atoms with Crippen LogP contribution in [0.4, 0.5) is 0 Å². The van der Waals surface area contributed by atoms with Crippen molar-refractivity contribution in [1.82, 2.24) is 0 Å². The monoisotopic (exact) mass is 238 g/mol. The maximum atomic E-state index is 10.2. The number of aliphatic hydroxyl groups excluding tert-OH is 1. The molecule has 2 saturated carbocycles. The Kier molecular flexibility index (Phi) is 2.30. The molecule has 0 aromatic heterocycles. The summed E-state index contributed by atoms with van der Waals surface area (Å²) < 4.78 is 5.53. The lowest BCUT2D eigenvalue weighted by Gasteiger charge is -2.58. The van der Waals surface area contributed by atoms with Crippen molar-refractivity contribution in [3.05, 3.63) is 0 Å². The van der Waals surface area contributed by atoms with Gasteiger partial charge in [0.2, 0.25) is 0 Å². The van der Waals surface area contributed by atoms with E-state index in [9.17, 15) is 5.11 Å². The van der Waals surface area contributed by atoms with E-state index in [1.54, 1.807) is 0 Å². The van der Waals surface area contributed by atoms with Crippen LogP contribution >= 0.6 is 0 Å². The van der Waals surface area contributed by atoms with E-state index in [-0.39, 0.29) is 5.41 Å². The number of ether oxygens (including phenoxy) is 1. The second kappa shape index (κ2) is 3.27. The van der Waals surface area contributed by atoms with Gasteiger partial charge < -0.3 is 9.84 Å². The van der Waals surface area contributed by atoms with Crippen molar-refractivity contribution in [3.63, 3.8) is 0 Å². The second-order valence-electron chi connectivity index (χ2n) is 7.71. The van der Waals surface area contributed by atoms with Crippen LogP contribution in [0.15, 0.2) is 0 Å². The van der Waals surface area contributed by atoms with Crippen LogP contribution in [0.2, 0.25) is 0 Å². The van der Waals surface area contributed by atoms with Crippen LogP contribution in [-0.4, -0.2) is 18.0 Å². The van der Waals surface area contributed by atoms with Crippen LogP contribution in [0, 0.1) is 28.1 Å². The van der Waals surface area contributed by atoms with Crippen LogP contribution < -0.4 is 0 Å². The van der Waals surface area contributed by atoms with Crippen molar-refractivity contribution >= 4 is 0 Å². The van der Waals surface area contributed by atoms with E-state index in [2.05, 4.69) is 27.7 Å². The molecule has 0 bridgehead atoms. The quantitative estimate of drug-likeness (QED) is 0.702. The Bertz CT molecular complexity index is 338. The largest absolute Gasteiger partial charge is 0.368 e. The van der Waals surface area contributed by atoms with Crippen molar-refractivity contribution in [2.45, 2.75) is 59.7 Å². The normalized spacial score (nSPS) is 56.6. The zero-order chi connectivity index (χ0) is 12.5. The Morgan fingerprint density at radius 1 is 1.12 bits per heavy atom. The summed E-state index contributed by atoms with van der Waals surface area (Å²) >= 11 is 0. The number of hydrogen-bond donors (Lipinski definition) is 1. The Balaban J connectivity index is 2.09. The SMILES string of the molecule is CC1(C)CCCC2(C)CC3COC(O)C3C12C. The van der Waals surface area contributed by atoms with Gasteiger partial charge in [-0.2, -0.15) is 0 Å². The highest BCUT2D eigenvalue weighted by Crippen LogP contribution is 2.72. The number of rotatable bonds is 0. The van der Waals surface area contributed by atoms with E-state index in [1.165, 1.54) is 25.7 Å². The fourth-order valence-corrected chi connectivity index (χ4v) is 5.61. The van der Waals surface area contributed by atoms with Crippen LogP contribution in [0.5, 0.6) is 0 Å². The van der Waals surface area contributed by atoms with Crippen LogP contribution in [0.3, 0.4) is 0 Å². The van der Waals surface area contributed by atoms with Crippen molar-refractivity contribution in [2.24, 2.45) is 28.1 Å². The molecule has 5 atom stereocenters. The van der Waals surface area contributed by atoms with Crippen molar-refractivity contribution in [1.29, 1.82) is 0 Å². The standard InChI is InChI=1S/C15H26O2/c1-13(2)6-5-7-14(3)8-10-9-17-12(16)11(10)15(13,14)4/h10-12,16H,5-9H2,1-4H3. The van der Waals surface area contributed by atoms with Gasteiger partial charge in [0.25, 0.3) is 0 Å². The summed E-state index contributed by atoms with van der Waals surface area (Å²) in [7, 11) is 0. The molecule has 2 heteroatoms. The molecule has 0 amide bonds. The Labute approximate surface area is 105 Å². The predicted molar refractivity (Wildman–Crippen MR) is 67.4 cm³/mol. The highest BCUT2D eigenvalue weighted by molar-refractivity contribution is 5.15. The minimum absolute atomic E-state index is 0.221. The number of hydrogen-bond acceptors (Lipinski definition) is 2. The first kappa shape index (κ1) is 12.0. The number of fused-ring (bicyclic) bond motifs is 3. The molecular formula is C15H26O2. The minimum Gasteiger partial charge on any atom is -0.368 e. The van der Waals surface area contributed by atoms with E-state index in [4.69, 9.17) is 4.74 Å². The first-order valence-electron chi connectivity index (χ1n) is 7.12. The third-order valence-corrected chi connectivity index (χ3v) is 6.87. The molecule has 3 aliphatic rings. The van der Waals surface area contributed by atoms with Gasteiger partial charge in [0.1, 0.15) is 0 Å². The molecule has 1 aliphatic heterocycles. The summed E-state index contributed by atoms with van der Waals surface area (Å²) in [6.45, 7) is 10.5. The molecule has 1 saturated heterocycles. The molecule has 2 nitrogen and oxygen atoms in total. The fourth-order valence-electron chi connectivity index (χ4n) is 5.61. The third kappa shape index (κ3) is 1.24. The van der Waals surface area contributed by atoms with Crippen LogP contribution in [0.25, 0.3) is 0 Å². The van der Waals surface area contributed by atoms with Gasteiger partial charge in [-0.05, 0) is 41.4 Å². The van der Waals surface area contributed by atoms with E-state index < -0.39 is 6.29 Å². The molecule has 1 N–H and O–H groups in total. The Hall–Kier alpha value is -0.0800. The molecule has 3 fully saturated rings. The summed E-state index contributed by atoms with van der Waals surface area (Å²) in [6, 6.07) is 0. The lowest BCUT2D eigenvalue weighted by atomic mass is 9.46. The predicted octanol–water partition coefficient (Wildman–Crippen LogP) is 3.19. The molecule has 0 spiro atoms. The minimum atomic E-state index is -0.524. The van der Waals surface area contributed by atoms with E-state index >= 15 is 0 Å². The molecule has 3 rings (SSSR count). The third-order valence-electron chi connectivity index (χ3n) is 6.87. The van der Waals surface area contributed by atoms with Gasteiger partial charge in [0.15, 0.2) is 6.29 Å². The smallest absolute Gasteiger partial charge is 0.158 e. The van der Waals surface area contributed by atoms with Crippen molar-refractivity contribution in [2.75, 3.05) is 6.61 Å². The average Bonchev–Trinajstić information content (AvgIpc) is 2.66. The summed E-state index contributed by atoms with van der Waals surface area (Å²) in [6.07, 6.45) is 4.68. The van der Waals surface area contributed by atoms with Gasteiger partial charge in [-0.15, -0.1) is 0 Å². The van der Waals surface area contributed by atoms with E-state index in [0.29, 0.717) is 22.7 Å². The first-order valence-corrected chi connectivity index (χ1v) is 7.12. The lowest BCUT2D eigenvalue weighted by molar-refractivity contribution is -0.172. The highest BCUT2D eigenvalue weighted by atomic mass is 16.6. The highest BCUT2D eigenvalue weighted by Gasteiger charge is 2.68. The Morgan fingerprint density at radius 3 is 2.53 bits per heavy atom. The lowest BCUT2D eigenvalue weighted by Crippen LogP contribution is -2.53. The van der Waals surface area contributed by atoms with E-state index in [0.717, 1.165) is 6.61 Å². The topological polar surface area (TPSA) is 29.5 Å². The zero-order valence-electron chi connectivity index (χ0n) is 11.6. The van der Waals surface area contributed by atoms with Gasteiger partial charge in [0.05, 0.1) is 6.61 Å². The molecule has 5 unspecified atom stereocenters. The first-order chi connectivity index (χ1) is 7.82. The van der Waals surface area contributed by atoms with Gasteiger partial charge in [-0.1, -0.05) is 34.1 Å². The van der Waals surface area contributed by atoms with Gasteiger partial charge >= 0.3 is 0 Å². The van der Waals surface area contributed by atoms with Gasteiger partial charge in [-0.3, -0.25) is 0 Å². The summed E-state index contributed by atoms with van der Waals surface area (Å²) in [5.41, 5.74) is 0.932. The summed E-state index contributed by atoms with van der Waals surface area (Å²) in [5.74, 6) is 0.931. The van der Waals surface area contributed by atoms with Gasteiger partial charge in [0, 0.05) is 5.92 Å². The molecule has 1 heterocycles. The van der Waals surface area contributed by atoms with E-state index in [1.807, 2.05) is 0 Å². The van der Waals surface area contributed by atoms with Crippen molar-refractivity contribution < 1.29 is 9.84 Å². The molecule has 0 aromatic rings. The summed E-state index contributed by atoms with van der Waals surface area (Å²) in [5, 5.41) is 10.2.